The van der Waals surface area contributed by atoms with Crippen molar-refractivity contribution in [2.45, 2.75) is 26.3 Å². The minimum Gasteiger partial charge on any atom is -0.351 e. The van der Waals surface area contributed by atoms with Crippen LogP contribution in [0.2, 0.25) is 0 Å². The van der Waals surface area contributed by atoms with Crippen molar-refractivity contribution in [3.8, 4) is 12.3 Å². The lowest BCUT2D eigenvalue weighted by Crippen LogP contribution is -2.40. The van der Waals surface area contributed by atoms with Crippen molar-refractivity contribution in [3.05, 3.63) is 0 Å². The predicted molar refractivity (Wildman–Crippen MR) is 49.7 cm³/mol. The second-order valence-electron chi connectivity index (χ2n) is 2.79. The summed E-state index contributed by atoms with van der Waals surface area (Å²) in [6.45, 7) is 3.17. The summed E-state index contributed by atoms with van der Waals surface area (Å²) in [6, 6.07) is -0.0498. The maximum Gasteiger partial charge on any atom is 0.239 e. The van der Waals surface area contributed by atoms with E-state index in [1.54, 1.807) is 0 Å². The Balaban J connectivity index is 3.63. The molecule has 0 rings (SSSR count). The average Bonchev–Trinajstić information content (AvgIpc) is 2.01. The summed E-state index contributed by atoms with van der Waals surface area (Å²) in [6.07, 6.45) is 5.55. The van der Waals surface area contributed by atoms with Gasteiger partial charge in [-0.25, -0.2) is 0 Å². The summed E-state index contributed by atoms with van der Waals surface area (Å²) < 4.78 is 0. The van der Waals surface area contributed by atoms with Gasteiger partial charge in [0.2, 0.25) is 11.8 Å². The molecule has 1 unspecified atom stereocenters. The first-order valence-corrected chi connectivity index (χ1v) is 4.03. The molecule has 2 amide bonds. The highest BCUT2D eigenvalue weighted by atomic mass is 16.2. The number of carbonyl (C=O) groups is 2. The van der Waals surface area contributed by atoms with Gasteiger partial charge in [0.1, 0.15) is 0 Å². The van der Waals surface area contributed by atoms with E-state index in [-0.39, 0.29) is 24.4 Å². The number of hydrogen-bond acceptors (Lipinski definition) is 2. The van der Waals surface area contributed by atoms with Crippen molar-refractivity contribution in [2.75, 3.05) is 6.54 Å². The van der Waals surface area contributed by atoms with Crippen molar-refractivity contribution in [3.63, 3.8) is 0 Å². The minimum atomic E-state index is -0.224. The van der Waals surface area contributed by atoms with Gasteiger partial charge >= 0.3 is 0 Å². The van der Waals surface area contributed by atoms with E-state index in [1.807, 2.05) is 6.92 Å². The molecule has 0 bridgehead atoms. The second-order valence-corrected chi connectivity index (χ2v) is 2.79. The summed E-state index contributed by atoms with van der Waals surface area (Å²) >= 11 is 0. The molecule has 4 heteroatoms. The normalized spacial score (nSPS) is 11.2. The zero-order valence-electron chi connectivity index (χ0n) is 7.89. The van der Waals surface area contributed by atoms with Gasteiger partial charge in [0.25, 0.3) is 0 Å². The van der Waals surface area contributed by atoms with E-state index in [4.69, 9.17) is 6.42 Å². The molecule has 0 aromatic rings. The SMILES string of the molecule is C#CCC(C)NC(=O)CNC(C)=O. The van der Waals surface area contributed by atoms with Crippen molar-refractivity contribution >= 4 is 11.8 Å². The molecular formula is C9H14N2O2. The van der Waals surface area contributed by atoms with E-state index in [0.717, 1.165) is 0 Å². The first-order chi connectivity index (χ1) is 6.06. The highest BCUT2D eigenvalue weighted by molar-refractivity contribution is 5.83. The van der Waals surface area contributed by atoms with Crippen molar-refractivity contribution < 1.29 is 9.59 Å². The van der Waals surface area contributed by atoms with Crippen LogP contribution < -0.4 is 10.6 Å². The summed E-state index contributed by atoms with van der Waals surface area (Å²) in [5.74, 6) is 1.99. The third-order valence-electron chi connectivity index (χ3n) is 1.33. The third-order valence-corrected chi connectivity index (χ3v) is 1.33. The van der Waals surface area contributed by atoms with E-state index < -0.39 is 0 Å². The highest BCUT2D eigenvalue weighted by Gasteiger charge is 2.05. The zero-order valence-corrected chi connectivity index (χ0v) is 7.89. The molecule has 0 aromatic heterocycles. The highest BCUT2D eigenvalue weighted by Crippen LogP contribution is 1.86. The number of hydrogen-bond donors (Lipinski definition) is 2. The van der Waals surface area contributed by atoms with Crippen LogP contribution in [-0.4, -0.2) is 24.4 Å². The Hall–Kier alpha value is -1.50. The van der Waals surface area contributed by atoms with Crippen LogP contribution in [0, 0.1) is 12.3 Å². The van der Waals surface area contributed by atoms with Gasteiger partial charge < -0.3 is 10.6 Å². The zero-order chi connectivity index (χ0) is 10.3. The fourth-order valence-corrected chi connectivity index (χ4v) is 0.758. The topological polar surface area (TPSA) is 58.2 Å². The minimum absolute atomic E-state index is 0.00421. The van der Waals surface area contributed by atoms with Crippen molar-refractivity contribution in [1.29, 1.82) is 0 Å². The quantitative estimate of drug-likeness (QED) is 0.584. The van der Waals surface area contributed by atoms with E-state index in [2.05, 4.69) is 16.6 Å². The molecule has 0 saturated heterocycles. The maximum atomic E-state index is 11.0. The molecule has 4 nitrogen and oxygen atoms in total. The predicted octanol–water partition coefficient (Wildman–Crippen LogP) is -0.350. The number of carbonyl (C=O) groups excluding carboxylic acids is 2. The van der Waals surface area contributed by atoms with Gasteiger partial charge in [-0.3, -0.25) is 9.59 Å². The van der Waals surface area contributed by atoms with Gasteiger partial charge in [-0.15, -0.1) is 12.3 Å². The molecule has 13 heavy (non-hydrogen) atoms. The van der Waals surface area contributed by atoms with Crippen LogP contribution in [-0.2, 0) is 9.59 Å². The molecule has 1 atom stereocenters. The van der Waals surface area contributed by atoms with Crippen LogP contribution in [0.1, 0.15) is 20.3 Å². The van der Waals surface area contributed by atoms with Gasteiger partial charge in [-0.1, -0.05) is 0 Å². The van der Waals surface area contributed by atoms with E-state index in [9.17, 15) is 9.59 Å². The molecule has 0 aromatic carbocycles. The molecular weight excluding hydrogens is 168 g/mol. The van der Waals surface area contributed by atoms with Crippen LogP contribution in [0.3, 0.4) is 0 Å². The number of terminal acetylenes is 1. The van der Waals surface area contributed by atoms with Crippen molar-refractivity contribution in [2.24, 2.45) is 0 Å². The van der Waals surface area contributed by atoms with Crippen LogP contribution in [0.4, 0.5) is 0 Å². The van der Waals surface area contributed by atoms with Gasteiger partial charge in [0, 0.05) is 19.4 Å². The van der Waals surface area contributed by atoms with Crippen LogP contribution >= 0.6 is 0 Å². The molecule has 0 heterocycles. The summed E-state index contributed by atoms with van der Waals surface area (Å²) in [5, 5.41) is 5.03. The van der Waals surface area contributed by atoms with Crippen LogP contribution in [0.25, 0.3) is 0 Å². The molecule has 2 N–H and O–H groups in total. The standard InChI is InChI=1S/C9H14N2O2/c1-4-5-7(2)11-9(13)6-10-8(3)12/h1,7H,5-6H2,2-3H3,(H,10,12)(H,11,13). The smallest absolute Gasteiger partial charge is 0.239 e. The Morgan fingerprint density at radius 2 is 2.15 bits per heavy atom. The summed E-state index contributed by atoms with van der Waals surface area (Å²) in [4.78, 5) is 21.5. The Kier molecular flexibility index (Phi) is 5.37. The molecule has 0 spiro atoms. The van der Waals surface area contributed by atoms with Gasteiger partial charge in [-0.05, 0) is 6.92 Å². The number of rotatable bonds is 4. The van der Waals surface area contributed by atoms with E-state index in [1.165, 1.54) is 6.92 Å². The first-order valence-electron chi connectivity index (χ1n) is 4.03. The average molecular weight is 182 g/mol. The van der Waals surface area contributed by atoms with Gasteiger partial charge in [-0.2, -0.15) is 0 Å². The Morgan fingerprint density at radius 1 is 1.54 bits per heavy atom. The van der Waals surface area contributed by atoms with E-state index in [0.29, 0.717) is 6.42 Å². The molecule has 0 saturated carbocycles. The lowest BCUT2D eigenvalue weighted by Gasteiger charge is -2.10. The van der Waals surface area contributed by atoms with Gasteiger partial charge in [0.15, 0.2) is 0 Å². The Bertz CT molecular complexity index is 230. The molecule has 0 fully saturated rings. The molecule has 0 radical (unpaired) electrons. The fraction of sp³-hybridized carbons (Fsp3) is 0.556. The Morgan fingerprint density at radius 3 is 2.62 bits per heavy atom. The lowest BCUT2D eigenvalue weighted by atomic mass is 10.2. The lowest BCUT2D eigenvalue weighted by molar-refractivity contribution is -0.125. The van der Waals surface area contributed by atoms with Crippen LogP contribution in [0.15, 0.2) is 0 Å². The number of amides is 2. The molecule has 0 aliphatic rings. The molecule has 0 aliphatic heterocycles. The maximum absolute atomic E-state index is 11.0. The third kappa shape index (κ3) is 6.88. The second kappa shape index (κ2) is 6.06. The molecule has 72 valence electrons. The first kappa shape index (κ1) is 11.5. The summed E-state index contributed by atoms with van der Waals surface area (Å²) in [7, 11) is 0. The Labute approximate surface area is 78.1 Å². The fourth-order valence-electron chi connectivity index (χ4n) is 0.758. The number of nitrogens with one attached hydrogen (secondary N) is 2. The molecule has 0 aliphatic carbocycles. The summed E-state index contributed by atoms with van der Waals surface area (Å²) in [5.41, 5.74) is 0. The monoisotopic (exact) mass is 182 g/mol. The largest absolute Gasteiger partial charge is 0.351 e. The van der Waals surface area contributed by atoms with Crippen LogP contribution in [0.5, 0.6) is 0 Å². The van der Waals surface area contributed by atoms with Gasteiger partial charge in [0.05, 0.1) is 6.54 Å². The van der Waals surface area contributed by atoms with Crippen molar-refractivity contribution in [1.82, 2.24) is 10.6 Å². The van der Waals surface area contributed by atoms with E-state index >= 15 is 0 Å².